The van der Waals surface area contributed by atoms with Gasteiger partial charge < -0.3 is 5.11 Å². The van der Waals surface area contributed by atoms with Crippen molar-refractivity contribution in [3.63, 3.8) is 0 Å². The van der Waals surface area contributed by atoms with Gasteiger partial charge in [0.05, 0.1) is 5.60 Å². The summed E-state index contributed by atoms with van der Waals surface area (Å²) in [5, 5.41) is 10.2. The average Bonchev–Trinajstić information content (AvgIpc) is 2.21. The lowest BCUT2D eigenvalue weighted by Gasteiger charge is -2.25. The normalized spacial score (nSPS) is 11.7. The van der Waals surface area contributed by atoms with Crippen LogP contribution in [0, 0.1) is 0 Å². The molecule has 0 heterocycles. The SMILES string of the molecule is CCC(O)(CC)Cc1ccccc1Br. The fourth-order valence-corrected chi connectivity index (χ4v) is 1.92. The molecule has 0 aliphatic heterocycles. The van der Waals surface area contributed by atoms with E-state index in [1.807, 2.05) is 32.0 Å². The Morgan fingerprint density at radius 3 is 2.29 bits per heavy atom. The summed E-state index contributed by atoms with van der Waals surface area (Å²) in [6.45, 7) is 4.06. The van der Waals surface area contributed by atoms with Crippen LogP contribution < -0.4 is 0 Å². The van der Waals surface area contributed by atoms with E-state index in [1.165, 1.54) is 5.56 Å². The molecule has 78 valence electrons. The topological polar surface area (TPSA) is 20.2 Å². The summed E-state index contributed by atoms with van der Waals surface area (Å²) < 4.78 is 1.08. The van der Waals surface area contributed by atoms with Crippen LogP contribution >= 0.6 is 15.9 Å². The molecule has 1 rings (SSSR count). The summed E-state index contributed by atoms with van der Waals surface area (Å²) >= 11 is 3.50. The van der Waals surface area contributed by atoms with Crippen molar-refractivity contribution < 1.29 is 5.11 Å². The first-order valence-corrected chi connectivity index (χ1v) is 5.86. The van der Waals surface area contributed by atoms with E-state index in [-0.39, 0.29) is 0 Å². The molecule has 0 unspecified atom stereocenters. The van der Waals surface area contributed by atoms with E-state index in [0.29, 0.717) is 0 Å². The maximum atomic E-state index is 10.2. The number of hydrogen-bond acceptors (Lipinski definition) is 1. The summed E-state index contributed by atoms with van der Waals surface area (Å²) in [6.07, 6.45) is 2.32. The average molecular weight is 257 g/mol. The Hall–Kier alpha value is -0.340. The fourth-order valence-electron chi connectivity index (χ4n) is 1.50. The van der Waals surface area contributed by atoms with E-state index < -0.39 is 5.60 Å². The van der Waals surface area contributed by atoms with Crippen molar-refractivity contribution in [1.82, 2.24) is 0 Å². The second kappa shape index (κ2) is 4.94. The summed E-state index contributed by atoms with van der Waals surface area (Å²) in [4.78, 5) is 0. The molecule has 1 aromatic rings. The monoisotopic (exact) mass is 256 g/mol. The van der Waals surface area contributed by atoms with Crippen molar-refractivity contribution in [3.05, 3.63) is 34.3 Å². The number of hydrogen-bond donors (Lipinski definition) is 1. The Morgan fingerprint density at radius 1 is 1.21 bits per heavy atom. The molecular formula is C12H17BrO. The zero-order valence-electron chi connectivity index (χ0n) is 8.76. The second-order valence-electron chi connectivity index (χ2n) is 3.70. The molecule has 0 aromatic heterocycles. The second-order valence-corrected chi connectivity index (χ2v) is 4.55. The predicted octanol–water partition coefficient (Wildman–Crippen LogP) is 3.54. The van der Waals surface area contributed by atoms with Crippen molar-refractivity contribution in [2.45, 2.75) is 38.7 Å². The summed E-state index contributed by atoms with van der Waals surface area (Å²) in [6, 6.07) is 8.07. The zero-order valence-corrected chi connectivity index (χ0v) is 10.3. The third-order valence-corrected chi connectivity index (χ3v) is 3.57. The van der Waals surface area contributed by atoms with Gasteiger partial charge in [-0.2, -0.15) is 0 Å². The van der Waals surface area contributed by atoms with E-state index in [2.05, 4.69) is 22.0 Å². The van der Waals surface area contributed by atoms with Gasteiger partial charge in [-0.3, -0.25) is 0 Å². The number of rotatable bonds is 4. The van der Waals surface area contributed by atoms with Crippen molar-refractivity contribution in [2.24, 2.45) is 0 Å². The highest BCUT2D eigenvalue weighted by atomic mass is 79.9. The molecule has 0 aliphatic carbocycles. The van der Waals surface area contributed by atoms with Crippen LogP contribution in [-0.4, -0.2) is 10.7 Å². The van der Waals surface area contributed by atoms with E-state index >= 15 is 0 Å². The molecule has 2 heteroatoms. The van der Waals surface area contributed by atoms with Gasteiger partial charge in [0, 0.05) is 10.9 Å². The molecule has 0 saturated heterocycles. The fraction of sp³-hybridized carbons (Fsp3) is 0.500. The number of benzene rings is 1. The summed E-state index contributed by atoms with van der Waals surface area (Å²) in [5.74, 6) is 0. The lowest BCUT2D eigenvalue weighted by Crippen LogP contribution is -2.29. The molecule has 1 N–H and O–H groups in total. The van der Waals surface area contributed by atoms with Crippen LogP contribution in [0.4, 0.5) is 0 Å². The standard InChI is InChI=1S/C12H17BrO/c1-3-12(14,4-2)9-10-7-5-6-8-11(10)13/h5-8,14H,3-4,9H2,1-2H3. The van der Waals surface area contributed by atoms with Gasteiger partial charge in [0.2, 0.25) is 0 Å². The van der Waals surface area contributed by atoms with Crippen LogP contribution in [0.5, 0.6) is 0 Å². The molecule has 0 spiro atoms. The molecular weight excluding hydrogens is 240 g/mol. The smallest absolute Gasteiger partial charge is 0.0683 e. The summed E-state index contributed by atoms with van der Waals surface area (Å²) in [7, 11) is 0. The van der Waals surface area contributed by atoms with E-state index in [4.69, 9.17) is 0 Å². The molecule has 1 aromatic carbocycles. The lowest BCUT2D eigenvalue weighted by molar-refractivity contribution is 0.0325. The highest BCUT2D eigenvalue weighted by molar-refractivity contribution is 9.10. The first-order chi connectivity index (χ1) is 6.61. The van der Waals surface area contributed by atoms with Crippen LogP contribution in [0.2, 0.25) is 0 Å². The molecule has 0 aliphatic rings. The molecule has 0 saturated carbocycles. The minimum absolute atomic E-state index is 0.552. The van der Waals surface area contributed by atoms with Gasteiger partial charge in [0.15, 0.2) is 0 Å². The molecule has 1 nitrogen and oxygen atoms in total. The first kappa shape index (κ1) is 11.7. The quantitative estimate of drug-likeness (QED) is 0.874. The van der Waals surface area contributed by atoms with Gasteiger partial charge in [-0.05, 0) is 24.5 Å². The van der Waals surface area contributed by atoms with Gasteiger partial charge in [-0.1, -0.05) is 48.0 Å². The summed E-state index contributed by atoms with van der Waals surface area (Å²) in [5.41, 5.74) is 0.628. The molecule has 14 heavy (non-hydrogen) atoms. The molecule has 0 amide bonds. The maximum absolute atomic E-state index is 10.2. The highest BCUT2D eigenvalue weighted by Gasteiger charge is 2.23. The van der Waals surface area contributed by atoms with Gasteiger partial charge in [-0.25, -0.2) is 0 Å². The van der Waals surface area contributed by atoms with Crippen molar-refractivity contribution >= 4 is 15.9 Å². The van der Waals surface area contributed by atoms with Gasteiger partial charge in [-0.15, -0.1) is 0 Å². The van der Waals surface area contributed by atoms with Crippen LogP contribution in [0.25, 0.3) is 0 Å². The Balaban J connectivity index is 2.82. The molecule has 0 fully saturated rings. The van der Waals surface area contributed by atoms with E-state index in [0.717, 1.165) is 23.7 Å². The lowest BCUT2D eigenvalue weighted by atomic mass is 9.90. The first-order valence-electron chi connectivity index (χ1n) is 5.07. The van der Waals surface area contributed by atoms with E-state index in [1.54, 1.807) is 0 Å². The number of halogens is 1. The zero-order chi connectivity index (χ0) is 10.6. The molecule has 0 bridgehead atoms. The third kappa shape index (κ3) is 2.82. The van der Waals surface area contributed by atoms with E-state index in [9.17, 15) is 5.11 Å². The van der Waals surface area contributed by atoms with Crippen LogP contribution in [0.1, 0.15) is 32.3 Å². The Morgan fingerprint density at radius 2 is 1.79 bits per heavy atom. The molecule has 0 radical (unpaired) electrons. The Bertz CT molecular complexity index is 292. The minimum Gasteiger partial charge on any atom is -0.390 e. The third-order valence-electron chi connectivity index (χ3n) is 2.79. The van der Waals surface area contributed by atoms with Crippen LogP contribution in [0.15, 0.2) is 28.7 Å². The highest BCUT2D eigenvalue weighted by Crippen LogP contribution is 2.25. The molecule has 0 atom stereocenters. The largest absolute Gasteiger partial charge is 0.390 e. The maximum Gasteiger partial charge on any atom is 0.0683 e. The predicted molar refractivity (Wildman–Crippen MR) is 63.4 cm³/mol. The van der Waals surface area contributed by atoms with Crippen LogP contribution in [0.3, 0.4) is 0 Å². The Kier molecular flexibility index (Phi) is 4.14. The van der Waals surface area contributed by atoms with Gasteiger partial charge in [0.25, 0.3) is 0 Å². The van der Waals surface area contributed by atoms with Gasteiger partial charge >= 0.3 is 0 Å². The van der Waals surface area contributed by atoms with Crippen molar-refractivity contribution in [2.75, 3.05) is 0 Å². The van der Waals surface area contributed by atoms with Crippen molar-refractivity contribution in [1.29, 1.82) is 0 Å². The Labute approximate surface area is 94.3 Å². The number of aliphatic hydroxyl groups is 1. The minimum atomic E-state index is -0.552. The van der Waals surface area contributed by atoms with Crippen molar-refractivity contribution in [3.8, 4) is 0 Å². The van der Waals surface area contributed by atoms with Crippen LogP contribution in [-0.2, 0) is 6.42 Å². The van der Waals surface area contributed by atoms with Gasteiger partial charge in [0.1, 0.15) is 0 Å².